The summed E-state index contributed by atoms with van der Waals surface area (Å²) >= 11 is 0. The summed E-state index contributed by atoms with van der Waals surface area (Å²) < 4.78 is 0. The zero-order valence-electron chi connectivity index (χ0n) is 10.2. The summed E-state index contributed by atoms with van der Waals surface area (Å²) in [6.45, 7) is 6.92. The van der Waals surface area contributed by atoms with Crippen LogP contribution in [0.3, 0.4) is 0 Å². The van der Waals surface area contributed by atoms with Gasteiger partial charge >= 0.3 is 0 Å². The Labute approximate surface area is 94.1 Å². The van der Waals surface area contributed by atoms with Gasteiger partial charge in [-0.05, 0) is 31.5 Å². The third-order valence-corrected chi connectivity index (χ3v) is 2.85. The minimum Gasteiger partial charge on any atom is -0.306 e. The van der Waals surface area contributed by atoms with E-state index in [4.69, 9.17) is 0 Å². The summed E-state index contributed by atoms with van der Waals surface area (Å²) in [5, 5.41) is 0. The summed E-state index contributed by atoms with van der Waals surface area (Å²) in [5.74, 6) is 0.632. The normalized spacial score (nSPS) is 13.1. The van der Waals surface area contributed by atoms with Crippen LogP contribution in [0.5, 0.6) is 0 Å². The molecule has 0 aliphatic rings. The molecule has 15 heavy (non-hydrogen) atoms. The Kier molecular flexibility index (Phi) is 5.41. The molecule has 1 nitrogen and oxygen atoms in total. The second-order valence-corrected chi connectivity index (χ2v) is 4.43. The fraction of sp³-hybridized carbons (Fsp3) is 0.571. The van der Waals surface area contributed by atoms with Crippen molar-refractivity contribution in [2.75, 3.05) is 20.1 Å². The Morgan fingerprint density at radius 1 is 1.20 bits per heavy atom. The Morgan fingerprint density at radius 3 is 2.47 bits per heavy atom. The van der Waals surface area contributed by atoms with Crippen molar-refractivity contribution in [3.63, 3.8) is 0 Å². The summed E-state index contributed by atoms with van der Waals surface area (Å²) in [5.41, 5.74) is 1.45. The summed E-state index contributed by atoms with van der Waals surface area (Å²) in [6, 6.07) is 10.8. The molecule has 0 N–H and O–H groups in total. The van der Waals surface area contributed by atoms with Gasteiger partial charge in [-0.15, -0.1) is 0 Å². The third kappa shape index (κ3) is 4.48. The van der Waals surface area contributed by atoms with Crippen LogP contribution in [0.4, 0.5) is 0 Å². The monoisotopic (exact) mass is 205 g/mol. The summed E-state index contributed by atoms with van der Waals surface area (Å²) in [6.07, 6.45) is 2.59. The van der Waals surface area contributed by atoms with Crippen molar-refractivity contribution < 1.29 is 0 Å². The second-order valence-electron chi connectivity index (χ2n) is 4.43. The van der Waals surface area contributed by atoms with Gasteiger partial charge < -0.3 is 4.90 Å². The van der Waals surface area contributed by atoms with E-state index < -0.39 is 0 Å². The number of rotatable bonds is 6. The first-order valence-corrected chi connectivity index (χ1v) is 5.97. The van der Waals surface area contributed by atoms with Crippen LogP contribution < -0.4 is 0 Å². The Bertz CT molecular complexity index is 255. The molecule has 0 saturated carbocycles. The second kappa shape index (κ2) is 6.62. The van der Waals surface area contributed by atoms with Gasteiger partial charge in [0.25, 0.3) is 0 Å². The first kappa shape index (κ1) is 12.3. The van der Waals surface area contributed by atoms with Gasteiger partial charge in [-0.2, -0.15) is 0 Å². The van der Waals surface area contributed by atoms with Crippen LogP contribution in [0.2, 0.25) is 0 Å². The van der Waals surface area contributed by atoms with Gasteiger partial charge in [0.1, 0.15) is 0 Å². The van der Waals surface area contributed by atoms with E-state index in [0.29, 0.717) is 5.92 Å². The fourth-order valence-corrected chi connectivity index (χ4v) is 1.87. The lowest BCUT2D eigenvalue weighted by molar-refractivity contribution is 0.311. The molecule has 0 amide bonds. The minimum absolute atomic E-state index is 0.632. The van der Waals surface area contributed by atoms with Crippen LogP contribution >= 0.6 is 0 Å². The van der Waals surface area contributed by atoms with E-state index in [-0.39, 0.29) is 0 Å². The highest BCUT2D eigenvalue weighted by molar-refractivity contribution is 5.18. The van der Waals surface area contributed by atoms with Crippen LogP contribution in [0.1, 0.15) is 38.2 Å². The zero-order valence-corrected chi connectivity index (χ0v) is 10.2. The maximum absolute atomic E-state index is 2.43. The third-order valence-electron chi connectivity index (χ3n) is 2.85. The number of unbranched alkanes of at least 4 members (excludes halogenated alkanes) is 1. The first-order chi connectivity index (χ1) is 7.24. The molecule has 1 unspecified atom stereocenters. The fourth-order valence-electron chi connectivity index (χ4n) is 1.87. The predicted octanol–water partition coefficient (Wildman–Crippen LogP) is 3.52. The molecule has 1 atom stereocenters. The largest absolute Gasteiger partial charge is 0.306 e. The Balaban J connectivity index is 2.38. The molecular weight excluding hydrogens is 182 g/mol. The standard InChI is InChI=1S/C14H23N/c1-4-5-11-15(3)12-13(2)14-9-7-6-8-10-14/h6-10,13H,4-5,11-12H2,1-3H3. The van der Waals surface area contributed by atoms with E-state index in [9.17, 15) is 0 Å². The molecule has 1 aromatic carbocycles. The molecular formula is C14H23N. The van der Waals surface area contributed by atoms with Crippen LogP contribution in [0, 0.1) is 0 Å². The van der Waals surface area contributed by atoms with Gasteiger partial charge in [0.2, 0.25) is 0 Å². The summed E-state index contributed by atoms with van der Waals surface area (Å²) in [4.78, 5) is 2.43. The highest BCUT2D eigenvalue weighted by Crippen LogP contribution is 2.15. The molecule has 0 fully saturated rings. The maximum Gasteiger partial charge on any atom is 0.00446 e. The lowest BCUT2D eigenvalue weighted by atomic mass is 10.0. The molecule has 0 spiro atoms. The highest BCUT2D eigenvalue weighted by Gasteiger charge is 2.07. The van der Waals surface area contributed by atoms with Crippen LogP contribution in [0.15, 0.2) is 30.3 Å². The number of hydrogen-bond acceptors (Lipinski definition) is 1. The molecule has 0 aliphatic carbocycles. The molecule has 0 saturated heterocycles. The average Bonchev–Trinajstić information content (AvgIpc) is 2.27. The van der Waals surface area contributed by atoms with E-state index in [1.54, 1.807) is 0 Å². The predicted molar refractivity (Wildman–Crippen MR) is 67.3 cm³/mol. The van der Waals surface area contributed by atoms with Gasteiger partial charge in [-0.25, -0.2) is 0 Å². The number of hydrogen-bond donors (Lipinski definition) is 0. The first-order valence-electron chi connectivity index (χ1n) is 5.97. The summed E-state index contributed by atoms with van der Waals surface area (Å²) in [7, 11) is 2.22. The van der Waals surface area contributed by atoms with Crippen molar-refractivity contribution in [3.05, 3.63) is 35.9 Å². The SMILES string of the molecule is CCCCN(C)CC(C)c1ccccc1. The Morgan fingerprint density at radius 2 is 1.87 bits per heavy atom. The molecule has 1 heteroatoms. The van der Waals surface area contributed by atoms with Gasteiger partial charge in [0.05, 0.1) is 0 Å². The highest BCUT2D eigenvalue weighted by atomic mass is 15.1. The molecule has 0 aliphatic heterocycles. The van der Waals surface area contributed by atoms with Gasteiger partial charge in [0, 0.05) is 6.54 Å². The zero-order chi connectivity index (χ0) is 11.1. The van der Waals surface area contributed by atoms with E-state index in [0.717, 1.165) is 6.54 Å². The van der Waals surface area contributed by atoms with Crippen molar-refractivity contribution in [1.82, 2.24) is 4.90 Å². The van der Waals surface area contributed by atoms with Crippen molar-refractivity contribution in [3.8, 4) is 0 Å². The number of likely N-dealkylation sites (N-methyl/N-ethyl adjacent to an activating group) is 1. The van der Waals surface area contributed by atoms with Crippen molar-refractivity contribution in [1.29, 1.82) is 0 Å². The smallest absolute Gasteiger partial charge is 0.00446 e. The molecule has 84 valence electrons. The van der Waals surface area contributed by atoms with Crippen LogP contribution in [-0.2, 0) is 0 Å². The van der Waals surface area contributed by atoms with Gasteiger partial charge in [-0.1, -0.05) is 50.6 Å². The molecule has 0 radical (unpaired) electrons. The lowest BCUT2D eigenvalue weighted by Gasteiger charge is -2.21. The van der Waals surface area contributed by atoms with Gasteiger partial charge in [-0.3, -0.25) is 0 Å². The van der Waals surface area contributed by atoms with E-state index >= 15 is 0 Å². The number of nitrogens with zero attached hydrogens (tertiary/aromatic N) is 1. The van der Waals surface area contributed by atoms with Crippen LogP contribution in [0.25, 0.3) is 0 Å². The maximum atomic E-state index is 2.43. The number of benzene rings is 1. The molecule has 0 aromatic heterocycles. The van der Waals surface area contributed by atoms with Crippen molar-refractivity contribution in [2.24, 2.45) is 0 Å². The molecule has 0 bridgehead atoms. The average molecular weight is 205 g/mol. The van der Waals surface area contributed by atoms with Crippen molar-refractivity contribution >= 4 is 0 Å². The van der Waals surface area contributed by atoms with E-state index in [2.05, 4.69) is 56.1 Å². The molecule has 1 rings (SSSR count). The van der Waals surface area contributed by atoms with Crippen molar-refractivity contribution in [2.45, 2.75) is 32.6 Å². The molecule has 1 aromatic rings. The van der Waals surface area contributed by atoms with Gasteiger partial charge in [0.15, 0.2) is 0 Å². The Hall–Kier alpha value is -0.820. The van der Waals surface area contributed by atoms with E-state index in [1.165, 1.54) is 24.9 Å². The lowest BCUT2D eigenvalue weighted by Crippen LogP contribution is -2.24. The quantitative estimate of drug-likeness (QED) is 0.687. The minimum atomic E-state index is 0.632. The molecule has 0 heterocycles. The topological polar surface area (TPSA) is 3.24 Å². The van der Waals surface area contributed by atoms with Crippen LogP contribution in [-0.4, -0.2) is 25.0 Å². The van der Waals surface area contributed by atoms with E-state index in [1.807, 2.05) is 0 Å².